The van der Waals surface area contributed by atoms with E-state index in [1.54, 1.807) is 6.92 Å². The summed E-state index contributed by atoms with van der Waals surface area (Å²) in [6.45, 7) is 13.9. The van der Waals surface area contributed by atoms with Crippen molar-refractivity contribution in [2.45, 2.75) is 71.2 Å². The van der Waals surface area contributed by atoms with E-state index in [2.05, 4.69) is 45.7 Å². The first-order valence-corrected chi connectivity index (χ1v) is 9.38. The van der Waals surface area contributed by atoms with Crippen LogP contribution in [-0.2, 0) is 4.43 Å². The Hall–Kier alpha value is -0.303. The molecule has 0 aliphatic rings. The van der Waals surface area contributed by atoms with Crippen molar-refractivity contribution in [3.8, 4) is 11.8 Å². The van der Waals surface area contributed by atoms with Crippen molar-refractivity contribution in [1.82, 2.24) is 0 Å². The molecule has 2 nitrogen and oxygen atoms in total. The van der Waals surface area contributed by atoms with Gasteiger partial charge in [0.2, 0.25) is 0 Å². The first-order chi connectivity index (χ1) is 7.67. The number of hydrogen-bond donors (Lipinski definition) is 1. The second-order valence-corrected chi connectivity index (χ2v) is 10.9. The van der Waals surface area contributed by atoms with Crippen molar-refractivity contribution in [3.05, 3.63) is 0 Å². The summed E-state index contributed by atoms with van der Waals surface area (Å²) in [5.41, 5.74) is 0. The van der Waals surface area contributed by atoms with E-state index >= 15 is 0 Å². The summed E-state index contributed by atoms with van der Waals surface area (Å²) in [5.74, 6) is 5.72. The highest BCUT2D eigenvalue weighted by Gasteiger charge is 2.36. The molecule has 1 unspecified atom stereocenters. The minimum Gasteiger partial charge on any atom is -0.417 e. The monoisotopic (exact) mass is 256 g/mol. The standard InChI is InChI=1S/C14H28O2Si/c1-13(15)11-9-7-8-10-12-16-17(5,6)14(2,3)4/h13,15H,7-8,10,12H2,1-6H3. The molecule has 0 aliphatic carbocycles. The van der Waals surface area contributed by atoms with Crippen LogP contribution in [0.3, 0.4) is 0 Å². The van der Waals surface area contributed by atoms with Gasteiger partial charge in [0.1, 0.15) is 6.10 Å². The molecule has 0 fully saturated rings. The van der Waals surface area contributed by atoms with Gasteiger partial charge in [-0.05, 0) is 37.9 Å². The molecule has 0 bridgehead atoms. The summed E-state index contributed by atoms with van der Waals surface area (Å²) in [5, 5.41) is 9.25. The molecule has 0 saturated carbocycles. The summed E-state index contributed by atoms with van der Waals surface area (Å²) >= 11 is 0. The Morgan fingerprint density at radius 3 is 2.29 bits per heavy atom. The minimum absolute atomic E-state index is 0.291. The zero-order chi connectivity index (χ0) is 13.5. The SMILES string of the molecule is CC(O)C#CCCCCO[Si](C)(C)C(C)(C)C. The number of rotatable bonds is 5. The topological polar surface area (TPSA) is 29.5 Å². The minimum atomic E-state index is -1.57. The normalized spacial score (nSPS) is 14.1. The van der Waals surface area contributed by atoms with Gasteiger partial charge < -0.3 is 9.53 Å². The molecule has 0 radical (unpaired) electrons. The molecule has 0 amide bonds. The molecule has 1 N–H and O–H groups in total. The molecule has 3 heteroatoms. The third-order valence-electron chi connectivity index (χ3n) is 3.28. The van der Waals surface area contributed by atoms with Gasteiger partial charge in [-0.15, -0.1) is 5.92 Å². The maximum atomic E-state index is 8.96. The fourth-order valence-electron chi connectivity index (χ4n) is 1.08. The third kappa shape index (κ3) is 7.59. The lowest BCUT2D eigenvalue weighted by atomic mass is 10.2. The number of unbranched alkanes of at least 4 members (excludes halogenated alkanes) is 2. The predicted octanol–water partition coefficient (Wildman–Crippen LogP) is 3.56. The van der Waals surface area contributed by atoms with Crippen LogP contribution in [0.5, 0.6) is 0 Å². The van der Waals surface area contributed by atoms with Gasteiger partial charge in [-0.1, -0.05) is 26.7 Å². The zero-order valence-corrected chi connectivity index (χ0v) is 13.3. The van der Waals surface area contributed by atoms with E-state index in [1.807, 2.05) is 0 Å². The van der Waals surface area contributed by atoms with Crippen molar-refractivity contribution in [1.29, 1.82) is 0 Å². The molecule has 0 spiro atoms. The Balaban J connectivity index is 3.70. The fourth-order valence-corrected chi connectivity index (χ4v) is 2.17. The molecule has 0 saturated heterocycles. The smallest absolute Gasteiger partial charge is 0.191 e. The predicted molar refractivity (Wildman–Crippen MR) is 76.5 cm³/mol. The Kier molecular flexibility index (Phi) is 7.07. The lowest BCUT2D eigenvalue weighted by Gasteiger charge is -2.36. The van der Waals surface area contributed by atoms with Crippen molar-refractivity contribution in [2.75, 3.05) is 6.61 Å². The van der Waals surface area contributed by atoms with Gasteiger partial charge in [-0.25, -0.2) is 0 Å². The first-order valence-electron chi connectivity index (χ1n) is 6.47. The molecule has 0 aliphatic heterocycles. The Bertz CT molecular complexity index is 266. The summed E-state index contributed by atoms with van der Waals surface area (Å²) in [4.78, 5) is 0. The quantitative estimate of drug-likeness (QED) is 0.463. The van der Waals surface area contributed by atoms with Gasteiger partial charge in [0, 0.05) is 13.0 Å². The van der Waals surface area contributed by atoms with E-state index in [0.29, 0.717) is 5.04 Å². The molecule has 0 aromatic heterocycles. The fraction of sp³-hybridized carbons (Fsp3) is 0.857. The van der Waals surface area contributed by atoms with Crippen LogP contribution in [0.2, 0.25) is 18.1 Å². The molecule has 0 rings (SSSR count). The second-order valence-electron chi connectivity index (χ2n) is 6.06. The van der Waals surface area contributed by atoms with Crippen molar-refractivity contribution in [2.24, 2.45) is 0 Å². The highest BCUT2D eigenvalue weighted by Crippen LogP contribution is 2.36. The second kappa shape index (κ2) is 7.20. The Morgan fingerprint density at radius 2 is 1.82 bits per heavy atom. The van der Waals surface area contributed by atoms with Crippen molar-refractivity contribution in [3.63, 3.8) is 0 Å². The highest BCUT2D eigenvalue weighted by atomic mass is 28.4. The average Bonchev–Trinajstić information content (AvgIpc) is 2.13. The van der Waals surface area contributed by atoms with Gasteiger partial charge in [-0.2, -0.15) is 0 Å². The number of aliphatic hydroxyl groups excluding tert-OH is 1. The van der Waals surface area contributed by atoms with Crippen LogP contribution in [0.15, 0.2) is 0 Å². The zero-order valence-electron chi connectivity index (χ0n) is 12.3. The van der Waals surface area contributed by atoms with Crippen LogP contribution in [0, 0.1) is 11.8 Å². The van der Waals surface area contributed by atoms with Gasteiger partial charge in [0.05, 0.1) is 0 Å². The van der Waals surface area contributed by atoms with Crippen LogP contribution in [0.1, 0.15) is 47.0 Å². The first kappa shape index (κ1) is 16.7. The highest BCUT2D eigenvalue weighted by molar-refractivity contribution is 6.74. The van der Waals surface area contributed by atoms with Gasteiger partial charge in [0.15, 0.2) is 8.32 Å². The van der Waals surface area contributed by atoms with E-state index in [4.69, 9.17) is 9.53 Å². The molecular weight excluding hydrogens is 228 g/mol. The summed E-state index contributed by atoms with van der Waals surface area (Å²) in [6.07, 6.45) is 2.46. The van der Waals surface area contributed by atoms with E-state index in [1.165, 1.54) is 0 Å². The Morgan fingerprint density at radius 1 is 1.24 bits per heavy atom. The maximum Gasteiger partial charge on any atom is 0.191 e. The van der Waals surface area contributed by atoms with Crippen LogP contribution in [0.25, 0.3) is 0 Å². The molecule has 1 atom stereocenters. The van der Waals surface area contributed by atoms with Crippen molar-refractivity contribution >= 4 is 8.32 Å². The molecule has 100 valence electrons. The van der Waals surface area contributed by atoms with Crippen LogP contribution >= 0.6 is 0 Å². The van der Waals surface area contributed by atoms with Gasteiger partial charge in [-0.3, -0.25) is 0 Å². The van der Waals surface area contributed by atoms with Gasteiger partial charge >= 0.3 is 0 Å². The van der Waals surface area contributed by atoms with Gasteiger partial charge in [0.25, 0.3) is 0 Å². The molecular formula is C14H28O2Si. The van der Waals surface area contributed by atoms with E-state index in [0.717, 1.165) is 25.9 Å². The molecule has 0 aromatic carbocycles. The lowest BCUT2D eigenvalue weighted by Crippen LogP contribution is -2.40. The van der Waals surface area contributed by atoms with E-state index in [-0.39, 0.29) is 0 Å². The summed E-state index contributed by atoms with van der Waals surface area (Å²) in [7, 11) is -1.57. The number of hydrogen-bond acceptors (Lipinski definition) is 2. The van der Waals surface area contributed by atoms with E-state index in [9.17, 15) is 0 Å². The number of aliphatic hydroxyl groups is 1. The maximum absolute atomic E-state index is 8.96. The Labute approximate surface area is 108 Å². The third-order valence-corrected chi connectivity index (χ3v) is 7.81. The van der Waals surface area contributed by atoms with Crippen LogP contribution in [-0.4, -0.2) is 26.1 Å². The lowest BCUT2D eigenvalue weighted by molar-refractivity contribution is 0.253. The van der Waals surface area contributed by atoms with Crippen LogP contribution in [0.4, 0.5) is 0 Å². The summed E-state index contributed by atoms with van der Waals surface area (Å²) in [6, 6.07) is 0. The van der Waals surface area contributed by atoms with E-state index < -0.39 is 14.4 Å². The molecule has 0 heterocycles. The largest absolute Gasteiger partial charge is 0.417 e. The average molecular weight is 256 g/mol. The molecule has 17 heavy (non-hydrogen) atoms. The van der Waals surface area contributed by atoms with Crippen molar-refractivity contribution < 1.29 is 9.53 Å². The van der Waals surface area contributed by atoms with Crippen LogP contribution < -0.4 is 0 Å². The summed E-state index contributed by atoms with van der Waals surface area (Å²) < 4.78 is 6.06. The molecule has 0 aromatic rings.